The third-order valence-electron chi connectivity index (χ3n) is 6.97. The van der Waals surface area contributed by atoms with Gasteiger partial charge >= 0.3 is 0 Å². The molecule has 0 bridgehead atoms. The third kappa shape index (κ3) is 3.57. The SMILES string of the molecule is CCc1nc2c(c(=O)n1CCc1ccccc1)c1nc3ccccc3nc1n2-c1ccc(C)c(C)c1. The van der Waals surface area contributed by atoms with Gasteiger partial charge in [0.05, 0.1) is 11.0 Å². The molecule has 6 heteroatoms. The number of fused-ring (bicyclic) bond motifs is 4. The molecule has 0 radical (unpaired) electrons. The number of benzene rings is 3. The normalized spacial score (nSPS) is 11.6. The second kappa shape index (κ2) is 8.72. The molecular weight excluding hydrogens is 446 g/mol. The lowest BCUT2D eigenvalue weighted by atomic mass is 10.1. The zero-order valence-electron chi connectivity index (χ0n) is 20.7. The first-order chi connectivity index (χ1) is 17.5. The number of aryl methyl sites for hydroxylation is 4. The van der Waals surface area contributed by atoms with Crippen LogP contribution in [0, 0.1) is 13.8 Å². The van der Waals surface area contributed by atoms with Gasteiger partial charge in [-0.2, -0.15) is 0 Å². The van der Waals surface area contributed by atoms with Crippen molar-refractivity contribution >= 4 is 33.2 Å². The van der Waals surface area contributed by atoms with Crippen LogP contribution in [0.1, 0.15) is 29.4 Å². The topological polar surface area (TPSA) is 65.6 Å². The van der Waals surface area contributed by atoms with Gasteiger partial charge in [0.25, 0.3) is 5.56 Å². The van der Waals surface area contributed by atoms with Crippen LogP contribution in [0.2, 0.25) is 0 Å². The number of hydrogen-bond donors (Lipinski definition) is 0. The van der Waals surface area contributed by atoms with Crippen molar-refractivity contribution in [3.05, 3.63) is 106 Å². The molecule has 6 aromatic rings. The summed E-state index contributed by atoms with van der Waals surface area (Å²) in [6.45, 7) is 6.79. The van der Waals surface area contributed by atoms with Crippen LogP contribution in [0.25, 0.3) is 38.9 Å². The minimum absolute atomic E-state index is 0.0649. The van der Waals surface area contributed by atoms with Gasteiger partial charge < -0.3 is 0 Å². The van der Waals surface area contributed by atoms with Crippen molar-refractivity contribution < 1.29 is 0 Å². The van der Waals surface area contributed by atoms with E-state index in [1.54, 1.807) is 0 Å². The first kappa shape index (κ1) is 22.2. The van der Waals surface area contributed by atoms with Crippen LogP contribution in [0.5, 0.6) is 0 Å². The molecule has 0 spiro atoms. The molecule has 0 aliphatic rings. The van der Waals surface area contributed by atoms with Gasteiger partial charge in [-0.25, -0.2) is 15.0 Å². The van der Waals surface area contributed by atoms with E-state index in [0.717, 1.165) is 29.0 Å². The van der Waals surface area contributed by atoms with E-state index in [1.807, 2.05) is 58.5 Å². The van der Waals surface area contributed by atoms with Crippen molar-refractivity contribution in [3.8, 4) is 5.69 Å². The quantitative estimate of drug-likeness (QED) is 0.322. The fourth-order valence-electron chi connectivity index (χ4n) is 4.87. The van der Waals surface area contributed by atoms with Crippen molar-refractivity contribution in [2.45, 2.75) is 40.2 Å². The summed E-state index contributed by atoms with van der Waals surface area (Å²) < 4.78 is 3.81. The highest BCUT2D eigenvalue weighted by molar-refractivity contribution is 6.05. The Bertz CT molecular complexity index is 1820. The molecule has 0 aliphatic heterocycles. The van der Waals surface area contributed by atoms with E-state index in [2.05, 4.69) is 44.2 Å². The van der Waals surface area contributed by atoms with Gasteiger partial charge in [0.1, 0.15) is 16.7 Å². The number of hydrogen-bond acceptors (Lipinski definition) is 4. The average molecular weight is 474 g/mol. The van der Waals surface area contributed by atoms with Gasteiger partial charge in [0.2, 0.25) is 0 Å². The molecule has 0 aliphatic carbocycles. The monoisotopic (exact) mass is 473 g/mol. The summed E-state index contributed by atoms with van der Waals surface area (Å²) in [6, 6.07) is 24.3. The number of aromatic nitrogens is 5. The third-order valence-corrected chi connectivity index (χ3v) is 6.97. The van der Waals surface area contributed by atoms with E-state index < -0.39 is 0 Å². The Hall–Kier alpha value is -4.32. The smallest absolute Gasteiger partial charge is 0.265 e. The van der Waals surface area contributed by atoms with E-state index in [-0.39, 0.29) is 5.56 Å². The molecule has 36 heavy (non-hydrogen) atoms. The molecule has 0 atom stereocenters. The molecule has 3 heterocycles. The maximum Gasteiger partial charge on any atom is 0.265 e. The lowest BCUT2D eigenvalue weighted by Gasteiger charge is -2.13. The van der Waals surface area contributed by atoms with Gasteiger partial charge in [-0.1, -0.05) is 55.5 Å². The maximum absolute atomic E-state index is 14.1. The van der Waals surface area contributed by atoms with Crippen LogP contribution in [0.4, 0.5) is 0 Å². The number of rotatable bonds is 5. The highest BCUT2D eigenvalue weighted by atomic mass is 16.1. The van der Waals surface area contributed by atoms with Crippen molar-refractivity contribution in [1.82, 2.24) is 24.1 Å². The lowest BCUT2D eigenvalue weighted by Crippen LogP contribution is -2.26. The van der Waals surface area contributed by atoms with Crippen molar-refractivity contribution in [3.63, 3.8) is 0 Å². The van der Waals surface area contributed by atoms with Gasteiger partial charge in [0, 0.05) is 18.7 Å². The summed E-state index contributed by atoms with van der Waals surface area (Å²) in [5, 5.41) is 0.520. The fraction of sp³-hybridized carbons (Fsp3) is 0.200. The Labute approximate surface area is 208 Å². The highest BCUT2D eigenvalue weighted by Crippen LogP contribution is 2.29. The molecule has 0 amide bonds. The Morgan fingerprint density at radius 3 is 2.22 bits per heavy atom. The van der Waals surface area contributed by atoms with E-state index in [0.29, 0.717) is 35.2 Å². The molecule has 6 rings (SSSR count). The van der Waals surface area contributed by atoms with E-state index in [1.165, 1.54) is 16.7 Å². The molecule has 0 fully saturated rings. The highest BCUT2D eigenvalue weighted by Gasteiger charge is 2.23. The lowest BCUT2D eigenvalue weighted by molar-refractivity contribution is 0.620. The summed E-state index contributed by atoms with van der Waals surface area (Å²) in [4.78, 5) is 29.1. The molecule has 0 saturated carbocycles. The Morgan fingerprint density at radius 2 is 1.50 bits per heavy atom. The predicted octanol–water partition coefficient (Wildman–Crippen LogP) is 5.71. The molecule has 0 N–H and O–H groups in total. The van der Waals surface area contributed by atoms with Gasteiger partial charge in [-0.05, 0) is 61.2 Å². The molecule has 3 aromatic heterocycles. The maximum atomic E-state index is 14.1. The van der Waals surface area contributed by atoms with Crippen LogP contribution in [0.3, 0.4) is 0 Å². The Morgan fingerprint density at radius 1 is 0.778 bits per heavy atom. The average Bonchev–Trinajstić information content (AvgIpc) is 3.22. The van der Waals surface area contributed by atoms with E-state index in [4.69, 9.17) is 15.0 Å². The molecule has 0 saturated heterocycles. The minimum atomic E-state index is -0.0649. The summed E-state index contributed by atoms with van der Waals surface area (Å²) >= 11 is 0. The summed E-state index contributed by atoms with van der Waals surface area (Å²) in [5.41, 5.74) is 7.84. The predicted molar refractivity (Wildman–Crippen MR) is 145 cm³/mol. The van der Waals surface area contributed by atoms with Crippen molar-refractivity contribution in [2.24, 2.45) is 0 Å². The van der Waals surface area contributed by atoms with Crippen LogP contribution in [0.15, 0.2) is 77.6 Å². The summed E-state index contributed by atoms with van der Waals surface area (Å²) in [7, 11) is 0. The largest absolute Gasteiger partial charge is 0.296 e. The zero-order chi connectivity index (χ0) is 24.8. The van der Waals surface area contributed by atoms with Crippen LogP contribution >= 0.6 is 0 Å². The van der Waals surface area contributed by atoms with Crippen LogP contribution in [-0.2, 0) is 19.4 Å². The molecule has 0 unspecified atom stereocenters. The minimum Gasteiger partial charge on any atom is -0.296 e. The number of para-hydroxylation sites is 2. The van der Waals surface area contributed by atoms with Crippen LogP contribution in [-0.4, -0.2) is 24.1 Å². The Kier molecular flexibility index (Phi) is 5.37. The molecular formula is C30H27N5O. The fourth-order valence-corrected chi connectivity index (χ4v) is 4.87. The summed E-state index contributed by atoms with van der Waals surface area (Å²) in [6.07, 6.45) is 1.41. The van der Waals surface area contributed by atoms with Gasteiger partial charge in [-0.3, -0.25) is 13.9 Å². The number of nitrogens with zero attached hydrogens (tertiary/aromatic N) is 5. The van der Waals surface area contributed by atoms with E-state index >= 15 is 0 Å². The second-order valence-corrected chi connectivity index (χ2v) is 9.26. The molecule has 178 valence electrons. The van der Waals surface area contributed by atoms with Gasteiger partial charge in [-0.15, -0.1) is 0 Å². The van der Waals surface area contributed by atoms with Crippen molar-refractivity contribution in [1.29, 1.82) is 0 Å². The van der Waals surface area contributed by atoms with Gasteiger partial charge in [0.15, 0.2) is 11.3 Å². The van der Waals surface area contributed by atoms with Crippen molar-refractivity contribution in [2.75, 3.05) is 0 Å². The van der Waals surface area contributed by atoms with E-state index in [9.17, 15) is 4.79 Å². The molecule has 3 aromatic carbocycles. The standard InChI is InChI=1S/C30H27N5O/c1-4-25-33-28-26(30(36)34(25)17-16-21-10-6-5-7-11-21)27-29(32-24-13-9-8-12-23(24)31-27)35(28)22-15-14-19(2)20(3)18-22/h5-15,18H,4,16-17H2,1-3H3. The second-order valence-electron chi connectivity index (χ2n) is 9.26. The first-order valence-electron chi connectivity index (χ1n) is 12.4. The first-order valence-corrected chi connectivity index (χ1v) is 12.4. The molecule has 6 nitrogen and oxygen atoms in total. The summed E-state index contributed by atoms with van der Waals surface area (Å²) in [5.74, 6) is 0.765. The van der Waals surface area contributed by atoms with Crippen LogP contribution < -0.4 is 5.56 Å². The Balaban J connectivity index is 1.67. The zero-order valence-corrected chi connectivity index (χ0v) is 20.7.